The van der Waals surface area contributed by atoms with E-state index in [1.54, 1.807) is 30.3 Å². The van der Waals surface area contributed by atoms with E-state index in [0.717, 1.165) is 11.1 Å². The van der Waals surface area contributed by atoms with E-state index < -0.39 is 5.91 Å². The van der Waals surface area contributed by atoms with Gasteiger partial charge in [0.2, 0.25) is 0 Å². The van der Waals surface area contributed by atoms with E-state index in [2.05, 4.69) is 32.1 Å². The molecule has 0 heterocycles. The van der Waals surface area contributed by atoms with Crippen molar-refractivity contribution in [3.63, 3.8) is 0 Å². The fraction of sp³-hybridized carbons (Fsp3) is 0.0870. The van der Waals surface area contributed by atoms with Crippen LogP contribution in [-0.4, -0.2) is 23.5 Å². The molecule has 8 heteroatoms. The zero-order chi connectivity index (χ0) is 22.2. The van der Waals surface area contributed by atoms with Crippen molar-refractivity contribution in [1.29, 1.82) is 0 Å². The van der Waals surface area contributed by atoms with Crippen LogP contribution in [0.4, 0.5) is 0 Å². The number of hydrazine groups is 1. The van der Waals surface area contributed by atoms with Crippen molar-refractivity contribution in [1.82, 2.24) is 16.2 Å². The van der Waals surface area contributed by atoms with Gasteiger partial charge in [0.15, 0.2) is 5.11 Å². The molecule has 0 aliphatic rings. The summed E-state index contributed by atoms with van der Waals surface area (Å²) in [6, 6.07) is 22.0. The molecule has 0 aromatic heterocycles. The number of rotatable bonds is 5. The normalized spacial score (nSPS) is 10.1. The number of halogens is 1. The third-order valence-corrected chi connectivity index (χ3v) is 5.09. The van der Waals surface area contributed by atoms with Crippen LogP contribution in [0.2, 0.25) is 0 Å². The summed E-state index contributed by atoms with van der Waals surface area (Å²) in [7, 11) is 0. The Morgan fingerprint density at radius 1 is 0.871 bits per heavy atom. The van der Waals surface area contributed by atoms with Crippen LogP contribution in [0.3, 0.4) is 0 Å². The maximum absolute atomic E-state index is 12.4. The number of hydrogen-bond acceptors (Lipinski definition) is 4. The first-order chi connectivity index (χ1) is 15.0. The number of amides is 2. The molecule has 0 unspecified atom stereocenters. The summed E-state index contributed by atoms with van der Waals surface area (Å²) in [5.41, 5.74) is 7.94. The van der Waals surface area contributed by atoms with Gasteiger partial charge in [0.25, 0.3) is 11.8 Å². The van der Waals surface area contributed by atoms with E-state index in [4.69, 9.17) is 17.0 Å². The van der Waals surface area contributed by atoms with E-state index in [-0.39, 0.29) is 11.0 Å². The summed E-state index contributed by atoms with van der Waals surface area (Å²) < 4.78 is 6.09. The minimum atomic E-state index is -0.414. The zero-order valence-corrected chi connectivity index (χ0v) is 19.0. The number of hydrogen-bond donors (Lipinski definition) is 3. The van der Waals surface area contributed by atoms with Gasteiger partial charge in [-0.1, -0.05) is 42.5 Å². The summed E-state index contributed by atoms with van der Waals surface area (Å²) >= 11 is 8.46. The summed E-state index contributed by atoms with van der Waals surface area (Å²) in [5, 5.41) is 2.49. The Morgan fingerprint density at radius 2 is 1.52 bits per heavy atom. The third-order valence-electron chi connectivity index (χ3n) is 4.26. The van der Waals surface area contributed by atoms with Crippen LogP contribution in [0.1, 0.15) is 27.6 Å². The highest BCUT2D eigenvalue weighted by molar-refractivity contribution is 9.10. The highest BCUT2D eigenvalue weighted by Crippen LogP contribution is 2.26. The van der Waals surface area contributed by atoms with Crippen LogP contribution in [0.15, 0.2) is 77.3 Å². The van der Waals surface area contributed by atoms with Gasteiger partial charge >= 0.3 is 0 Å². The second-order valence-electron chi connectivity index (χ2n) is 6.38. The van der Waals surface area contributed by atoms with Crippen molar-refractivity contribution in [2.75, 3.05) is 6.61 Å². The molecule has 2 amide bonds. The predicted octanol–water partition coefficient (Wildman–Crippen LogP) is 4.46. The lowest BCUT2D eigenvalue weighted by Crippen LogP contribution is -2.48. The lowest BCUT2D eigenvalue weighted by atomic mass is 10.0. The first-order valence-electron chi connectivity index (χ1n) is 9.47. The quantitative estimate of drug-likeness (QED) is 0.358. The zero-order valence-electron chi connectivity index (χ0n) is 16.6. The molecular formula is C23H20BrN3O3S. The van der Waals surface area contributed by atoms with Gasteiger partial charge in [0, 0.05) is 11.1 Å². The Kier molecular flexibility index (Phi) is 7.75. The molecule has 3 rings (SSSR count). The molecule has 3 aromatic rings. The van der Waals surface area contributed by atoms with Gasteiger partial charge in [-0.3, -0.25) is 25.8 Å². The minimum absolute atomic E-state index is 0.0238. The SMILES string of the molecule is CCOc1ccc(C(=O)NC(=S)NNC(=O)c2ccc(-c3ccccc3)cc2)cc1Br. The molecule has 31 heavy (non-hydrogen) atoms. The highest BCUT2D eigenvalue weighted by atomic mass is 79.9. The van der Waals surface area contributed by atoms with E-state index >= 15 is 0 Å². The number of nitrogens with one attached hydrogen (secondary N) is 3. The summed E-state index contributed by atoms with van der Waals surface area (Å²) in [4.78, 5) is 24.7. The van der Waals surface area contributed by atoms with Gasteiger partial charge < -0.3 is 4.74 Å². The monoisotopic (exact) mass is 497 g/mol. The van der Waals surface area contributed by atoms with Crippen molar-refractivity contribution in [2.45, 2.75) is 6.92 Å². The van der Waals surface area contributed by atoms with Crippen LogP contribution in [0.25, 0.3) is 11.1 Å². The molecule has 0 bridgehead atoms. The number of carbonyl (C=O) groups is 2. The Balaban J connectivity index is 1.52. The van der Waals surface area contributed by atoms with Gasteiger partial charge in [-0.2, -0.15) is 0 Å². The molecule has 3 aromatic carbocycles. The molecule has 0 spiro atoms. The minimum Gasteiger partial charge on any atom is -0.493 e. The number of benzene rings is 3. The molecule has 158 valence electrons. The average Bonchev–Trinajstić information content (AvgIpc) is 2.79. The number of ether oxygens (including phenoxy) is 1. The Labute approximate surface area is 194 Å². The van der Waals surface area contributed by atoms with E-state index in [0.29, 0.717) is 28.0 Å². The fourth-order valence-electron chi connectivity index (χ4n) is 2.75. The lowest BCUT2D eigenvalue weighted by molar-refractivity contribution is 0.0934. The van der Waals surface area contributed by atoms with Crippen molar-refractivity contribution >= 4 is 45.1 Å². The standard InChI is InChI=1S/C23H20BrN3O3S/c1-2-30-20-13-12-18(14-19(20)24)21(28)25-23(31)27-26-22(29)17-10-8-16(9-11-17)15-6-4-3-5-7-15/h3-14H,2H2,1H3,(H,26,29)(H2,25,27,28,31). The van der Waals surface area contributed by atoms with Gasteiger partial charge in [-0.15, -0.1) is 0 Å². The van der Waals surface area contributed by atoms with Crippen molar-refractivity contribution in [3.05, 3.63) is 88.4 Å². The van der Waals surface area contributed by atoms with E-state index in [1.165, 1.54) is 0 Å². The van der Waals surface area contributed by atoms with Crippen LogP contribution in [0.5, 0.6) is 5.75 Å². The van der Waals surface area contributed by atoms with Crippen molar-refractivity contribution in [3.8, 4) is 16.9 Å². The van der Waals surface area contributed by atoms with Crippen LogP contribution < -0.4 is 20.9 Å². The summed E-state index contributed by atoms with van der Waals surface area (Å²) in [6.07, 6.45) is 0. The van der Waals surface area contributed by atoms with Gasteiger partial charge in [0.1, 0.15) is 5.75 Å². The summed E-state index contributed by atoms with van der Waals surface area (Å²) in [6.45, 7) is 2.40. The van der Waals surface area contributed by atoms with Crippen LogP contribution in [0, 0.1) is 0 Å². The van der Waals surface area contributed by atoms with E-state index in [1.807, 2.05) is 49.4 Å². The number of thiocarbonyl (C=S) groups is 1. The highest BCUT2D eigenvalue weighted by Gasteiger charge is 2.12. The first-order valence-corrected chi connectivity index (χ1v) is 10.7. The molecule has 0 saturated carbocycles. The van der Waals surface area contributed by atoms with Crippen LogP contribution >= 0.6 is 28.1 Å². The molecule has 0 saturated heterocycles. The molecule has 0 fully saturated rings. The molecular weight excluding hydrogens is 478 g/mol. The molecule has 0 aliphatic carbocycles. The average molecular weight is 498 g/mol. The number of carbonyl (C=O) groups excluding carboxylic acids is 2. The molecule has 0 atom stereocenters. The second-order valence-corrected chi connectivity index (χ2v) is 7.65. The van der Waals surface area contributed by atoms with Crippen molar-refractivity contribution < 1.29 is 14.3 Å². The maximum Gasteiger partial charge on any atom is 0.269 e. The Hall–Kier alpha value is -3.23. The maximum atomic E-state index is 12.4. The summed E-state index contributed by atoms with van der Waals surface area (Å²) in [5.74, 6) is -0.145. The molecule has 3 N–H and O–H groups in total. The predicted molar refractivity (Wildman–Crippen MR) is 128 cm³/mol. The largest absolute Gasteiger partial charge is 0.493 e. The van der Waals surface area contributed by atoms with E-state index in [9.17, 15) is 9.59 Å². The lowest BCUT2D eigenvalue weighted by Gasteiger charge is -2.12. The molecule has 0 aliphatic heterocycles. The Morgan fingerprint density at radius 3 is 2.16 bits per heavy atom. The fourth-order valence-corrected chi connectivity index (χ4v) is 3.39. The van der Waals surface area contributed by atoms with Crippen LogP contribution in [-0.2, 0) is 0 Å². The topological polar surface area (TPSA) is 79.5 Å². The van der Waals surface area contributed by atoms with Gasteiger partial charge in [-0.05, 0) is 76.5 Å². The third kappa shape index (κ3) is 6.13. The first kappa shape index (κ1) is 22.5. The molecule has 6 nitrogen and oxygen atoms in total. The second kappa shape index (κ2) is 10.7. The van der Waals surface area contributed by atoms with Gasteiger partial charge in [0.05, 0.1) is 11.1 Å². The van der Waals surface area contributed by atoms with Crippen molar-refractivity contribution in [2.24, 2.45) is 0 Å². The van der Waals surface area contributed by atoms with Gasteiger partial charge in [-0.25, -0.2) is 0 Å². The molecule has 0 radical (unpaired) electrons. The smallest absolute Gasteiger partial charge is 0.269 e. The Bertz CT molecular complexity index is 1090.